The first kappa shape index (κ1) is 25.3. The molecule has 0 aliphatic heterocycles. The maximum atomic E-state index is 9.15. The first-order valence-electron chi connectivity index (χ1n) is 4.93. The lowest BCUT2D eigenvalue weighted by Gasteiger charge is -2.22. The van der Waals surface area contributed by atoms with Crippen LogP contribution in [0.15, 0.2) is 0 Å². The molecule has 0 saturated heterocycles. The van der Waals surface area contributed by atoms with Crippen molar-refractivity contribution < 1.29 is 33.8 Å². The number of rotatable bonds is 2. The van der Waals surface area contributed by atoms with Gasteiger partial charge in [-0.15, -0.1) is 0 Å². The van der Waals surface area contributed by atoms with E-state index in [4.69, 9.17) is 19.8 Å². The van der Waals surface area contributed by atoms with Crippen LogP contribution in [0.1, 0.15) is 13.3 Å². The maximum absolute atomic E-state index is 9.15. The third-order valence-electron chi connectivity index (χ3n) is 1.24. The molecule has 0 bridgehead atoms. The average Bonchev–Trinajstić information content (AvgIpc) is 2.17. The van der Waals surface area contributed by atoms with Gasteiger partial charge in [-0.25, -0.2) is 4.79 Å². The summed E-state index contributed by atoms with van der Waals surface area (Å²) in [6.07, 6.45) is -1.46. The Morgan fingerprint density at radius 3 is 1.44 bits per heavy atom. The minimum Gasteiger partial charge on any atom is -0.553 e. The predicted octanol–water partition coefficient (Wildman–Crippen LogP) is 0.552. The molecule has 0 spiro atoms. The van der Waals surface area contributed by atoms with Gasteiger partial charge in [-0.05, 0) is 6.42 Å². The van der Waals surface area contributed by atoms with Gasteiger partial charge in [-0.2, -0.15) is 0 Å². The molecule has 0 unspecified atom stereocenters. The predicted molar refractivity (Wildman–Crippen MR) is 65.7 cm³/mol. The number of methoxy groups -OCH3 is 2. The van der Waals surface area contributed by atoms with E-state index in [1.807, 2.05) is 0 Å². The highest BCUT2D eigenvalue weighted by molar-refractivity contribution is 5.56. The Labute approximate surface area is 108 Å². The Morgan fingerprint density at radius 1 is 1.17 bits per heavy atom. The van der Waals surface area contributed by atoms with Crippen molar-refractivity contribution in [1.82, 2.24) is 6.15 Å². The summed E-state index contributed by atoms with van der Waals surface area (Å²) in [6, 6.07) is 0. The van der Waals surface area contributed by atoms with Crippen molar-refractivity contribution in [1.29, 1.82) is 0 Å². The van der Waals surface area contributed by atoms with E-state index in [-0.39, 0.29) is 6.15 Å². The number of hydrogen-bond acceptors (Lipinski definition) is 6. The second kappa shape index (κ2) is 15.5. The molecule has 0 fully saturated rings. The molecule has 0 aromatic rings. The van der Waals surface area contributed by atoms with E-state index in [1.165, 1.54) is 13.0 Å². The molecular formula is C10H26N2O6. The number of hydrogen-bond donors (Lipinski definition) is 2. The molecule has 0 aliphatic carbocycles. The first-order valence-corrected chi connectivity index (χ1v) is 4.93. The Kier molecular flexibility index (Phi) is 21.8. The van der Waals surface area contributed by atoms with E-state index in [0.29, 0.717) is 0 Å². The van der Waals surface area contributed by atoms with Crippen LogP contribution < -0.4 is 11.3 Å². The van der Waals surface area contributed by atoms with Crippen molar-refractivity contribution in [3.8, 4) is 0 Å². The van der Waals surface area contributed by atoms with Gasteiger partial charge in [0.1, 0.15) is 0 Å². The third-order valence-corrected chi connectivity index (χ3v) is 1.24. The van der Waals surface area contributed by atoms with Gasteiger partial charge in [0.25, 0.3) is 6.16 Å². The molecule has 4 N–H and O–H groups in total. The Hall–Kier alpha value is -1.54. The van der Waals surface area contributed by atoms with E-state index in [0.717, 1.165) is 18.7 Å². The number of carbonyl (C=O) groups is 2. The summed E-state index contributed by atoms with van der Waals surface area (Å²) in [6.45, 7) is 3.49. The highest BCUT2D eigenvalue weighted by Crippen LogP contribution is 1.90. The van der Waals surface area contributed by atoms with Crippen molar-refractivity contribution >= 4 is 12.3 Å². The molecule has 0 radical (unpaired) electrons. The lowest BCUT2D eigenvalue weighted by atomic mass is 10.4. The summed E-state index contributed by atoms with van der Waals surface area (Å²) >= 11 is 0. The molecule has 0 atom stereocenters. The van der Waals surface area contributed by atoms with Crippen LogP contribution in [0.5, 0.6) is 0 Å². The smallest absolute Gasteiger partial charge is 0.505 e. The lowest BCUT2D eigenvalue weighted by Crippen LogP contribution is -2.34. The second-order valence-corrected chi connectivity index (χ2v) is 3.94. The minimum absolute atomic E-state index is 0. The number of carboxylic acid groups (broad SMARTS) is 2. The molecule has 112 valence electrons. The molecule has 8 heteroatoms. The van der Waals surface area contributed by atoms with Crippen LogP contribution in [-0.4, -0.2) is 63.8 Å². The highest BCUT2D eigenvalue weighted by atomic mass is 16.7. The van der Waals surface area contributed by atoms with Crippen LogP contribution in [0, 0.1) is 0 Å². The molecule has 18 heavy (non-hydrogen) atoms. The van der Waals surface area contributed by atoms with Gasteiger partial charge < -0.3 is 35.1 Å². The van der Waals surface area contributed by atoms with Crippen LogP contribution in [0.25, 0.3) is 0 Å². The van der Waals surface area contributed by atoms with Gasteiger partial charge in [-0.1, -0.05) is 6.92 Å². The van der Waals surface area contributed by atoms with Gasteiger partial charge in [0.15, 0.2) is 0 Å². The largest absolute Gasteiger partial charge is 0.553 e. The van der Waals surface area contributed by atoms with Gasteiger partial charge in [0, 0.05) is 7.11 Å². The Bertz CT molecular complexity index is 189. The standard InChI is InChI=1S/C6H16N.2C2H4O3.H3N/c1-5-6-7(2,3)4;2*1-5-2(3)4;/h5-6H2,1-4H3;2*1H3,(H,3,4);1H3/q+1;;;/p-1. The van der Waals surface area contributed by atoms with Crippen LogP contribution in [0.3, 0.4) is 0 Å². The topological polar surface area (TPSA) is 131 Å². The number of nitrogens with zero attached hydrogens (tertiary/aromatic N) is 1. The number of quaternary nitrogens is 1. The molecule has 8 nitrogen and oxygen atoms in total. The zero-order chi connectivity index (χ0) is 14.5. The Morgan fingerprint density at radius 2 is 1.44 bits per heavy atom. The molecule has 0 saturated carbocycles. The fraction of sp³-hybridized carbons (Fsp3) is 0.800. The van der Waals surface area contributed by atoms with Crippen molar-refractivity contribution in [3.05, 3.63) is 0 Å². The second-order valence-electron chi connectivity index (χ2n) is 3.94. The van der Waals surface area contributed by atoms with Crippen LogP contribution in [0.4, 0.5) is 9.59 Å². The van der Waals surface area contributed by atoms with Crippen LogP contribution in [0.2, 0.25) is 0 Å². The summed E-state index contributed by atoms with van der Waals surface area (Å²) < 4.78 is 8.32. The van der Waals surface area contributed by atoms with Gasteiger partial charge >= 0.3 is 6.16 Å². The highest BCUT2D eigenvalue weighted by Gasteiger charge is 2.01. The van der Waals surface area contributed by atoms with E-state index in [2.05, 4.69) is 37.5 Å². The van der Waals surface area contributed by atoms with Crippen LogP contribution >= 0.6 is 0 Å². The molecule has 0 rings (SSSR count). The molecule has 0 aromatic carbocycles. The van der Waals surface area contributed by atoms with E-state index in [1.54, 1.807) is 0 Å². The molecule has 0 aromatic heterocycles. The summed E-state index contributed by atoms with van der Waals surface area (Å²) in [5.74, 6) is 0. The number of carbonyl (C=O) groups excluding carboxylic acids is 1. The minimum atomic E-state index is -1.50. The monoisotopic (exact) mass is 270 g/mol. The van der Waals surface area contributed by atoms with E-state index < -0.39 is 12.3 Å². The zero-order valence-corrected chi connectivity index (χ0v) is 12.1. The SMILES string of the molecule is CCC[N+](C)(C)C.COC(=O)O.COC(=O)[O-].N. The zero-order valence-electron chi connectivity index (χ0n) is 12.1. The number of ether oxygens (including phenoxy) is 2. The molecule has 0 amide bonds. The summed E-state index contributed by atoms with van der Waals surface area (Å²) in [7, 11) is 8.77. The Balaban J connectivity index is -0.0000000813. The summed E-state index contributed by atoms with van der Waals surface area (Å²) in [4.78, 5) is 18.2. The fourth-order valence-corrected chi connectivity index (χ4v) is 0.671. The van der Waals surface area contributed by atoms with E-state index >= 15 is 0 Å². The summed E-state index contributed by atoms with van der Waals surface area (Å²) in [5.41, 5.74) is 0. The molecular weight excluding hydrogens is 244 g/mol. The van der Waals surface area contributed by atoms with Gasteiger partial charge in [0.05, 0.1) is 34.8 Å². The van der Waals surface area contributed by atoms with Crippen LogP contribution in [-0.2, 0) is 9.47 Å². The van der Waals surface area contributed by atoms with Crippen molar-refractivity contribution in [2.24, 2.45) is 0 Å². The third kappa shape index (κ3) is 62.8. The van der Waals surface area contributed by atoms with Crippen molar-refractivity contribution in [3.63, 3.8) is 0 Å². The van der Waals surface area contributed by atoms with E-state index in [9.17, 15) is 0 Å². The maximum Gasteiger partial charge on any atom is 0.505 e. The van der Waals surface area contributed by atoms with Crippen molar-refractivity contribution in [2.45, 2.75) is 13.3 Å². The quantitative estimate of drug-likeness (QED) is 0.553. The fourth-order valence-electron chi connectivity index (χ4n) is 0.671. The average molecular weight is 270 g/mol. The normalized spacial score (nSPS) is 8.33. The molecule has 0 heterocycles. The van der Waals surface area contributed by atoms with Crippen molar-refractivity contribution in [2.75, 3.05) is 41.9 Å². The van der Waals surface area contributed by atoms with Gasteiger partial charge in [0.2, 0.25) is 0 Å². The van der Waals surface area contributed by atoms with Gasteiger partial charge in [-0.3, -0.25) is 0 Å². The summed E-state index contributed by atoms with van der Waals surface area (Å²) in [5, 5.41) is 16.5. The first-order chi connectivity index (χ1) is 7.60. The molecule has 0 aliphatic rings. The lowest BCUT2D eigenvalue weighted by molar-refractivity contribution is -0.870.